The van der Waals surface area contributed by atoms with Crippen molar-refractivity contribution in [2.75, 3.05) is 18.4 Å². The lowest BCUT2D eigenvalue weighted by atomic mass is 10.1. The standard InChI is InChI=1S/C19H22N4O2/c1-14-9-17(7-8-20-14)22-19(25)21-11-16-10-18(24)23(13-16)12-15-5-3-2-4-6-15/h2-9,16H,10-13H2,1H3,(H2,20,21,22,25)/t16-/m0/s1. The van der Waals surface area contributed by atoms with Gasteiger partial charge in [-0.15, -0.1) is 0 Å². The molecule has 0 saturated carbocycles. The molecule has 2 N–H and O–H groups in total. The van der Waals surface area contributed by atoms with Crippen LogP contribution < -0.4 is 10.6 Å². The molecule has 1 aliphatic heterocycles. The number of benzene rings is 1. The predicted octanol–water partition coefficient (Wildman–Crippen LogP) is 2.56. The van der Waals surface area contributed by atoms with Gasteiger partial charge in [-0.3, -0.25) is 9.78 Å². The average molecular weight is 338 g/mol. The molecule has 1 aromatic heterocycles. The SMILES string of the molecule is Cc1cc(NC(=O)NC[C@@H]2CC(=O)N(Cc3ccccc3)C2)ccn1. The van der Waals surface area contributed by atoms with E-state index >= 15 is 0 Å². The number of hydrogen-bond donors (Lipinski definition) is 2. The number of aromatic nitrogens is 1. The van der Waals surface area contributed by atoms with Gasteiger partial charge in [0.1, 0.15) is 0 Å². The number of likely N-dealkylation sites (tertiary alicyclic amines) is 1. The maximum absolute atomic E-state index is 12.2. The van der Waals surface area contributed by atoms with E-state index in [2.05, 4.69) is 15.6 Å². The highest BCUT2D eigenvalue weighted by molar-refractivity contribution is 5.89. The van der Waals surface area contributed by atoms with Crippen LogP contribution >= 0.6 is 0 Å². The Balaban J connectivity index is 1.46. The highest BCUT2D eigenvalue weighted by atomic mass is 16.2. The van der Waals surface area contributed by atoms with Gasteiger partial charge in [-0.25, -0.2) is 4.79 Å². The zero-order valence-corrected chi connectivity index (χ0v) is 14.2. The third-order valence-corrected chi connectivity index (χ3v) is 4.22. The van der Waals surface area contributed by atoms with Gasteiger partial charge >= 0.3 is 6.03 Å². The number of aryl methyl sites for hydroxylation is 1. The minimum atomic E-state index is -0.264. The molecule has 3 rings (SSSR count). The van der Waals surface area contributed by atoms with Crippen LogP contribution in [0.1, 0.15) is 17.7 Å². The second-order valence-corrected chi connectivity index (χ2v) is 6.35. The van der Waals surface area contributed by atoms with E-state index in [0.29, 0.717) is 31.7 Å². The third kappa shape index (κ3) is 4.79. The Morgan fingerprint density at radius 3 is 2.84 bits per heavy atom. The summed E-state index contributed by atoms with van der Waals surface area (Å²) in [5.41, 5.74) is 2.67. The fraction of sp³-hybridized carbons (Fsp3) is 0.316. The molecule has 1 fully saturated rings. The zero-order chi connectivity index (χ0) is 17.6. The minimum absolute atomic E-state index is 0.140. The fourth-order valence-electron chi connectivity index (χ4n) is 2.98. The van der Waals surface area contributed by atoms with E-state index in [-0.39, 0.29) is 17.9 Å². The van der Waals surface area contributed by atoms with Gasteiger partial charge in [0.2, 0.25) is 5.91 Å². The number of hydrogen-bond acceptors (Lipinski definition) is 3. The molecule has 1 aromatic carbocycles. The van der Waals surface area contributed by atoms with E-state index in [1.54, 1.807) is 18.3 Å². The molecule has 0 spiro atoms. The van der Waals surface area contributed by atoms with Crippen LogP contribution in [0.3, 0.4) is 0 Å². The number of nitrogens with zero attached hydrogens (tertiary/aromatic N) is 2. The van der Waals surface area contributed by atoms with Crippen molar-refractivity contribution in [3.05, 3.63) is 59.9 Å². The summed E-state index contributed by atoms with van der Waals surface area (Å²) in [5.74, 6) is 0.280. The summed E-state index contributed by atoms with van der Waals surface area (Å²) in [6.07, 6.45) is 2.13. The molecule has 0 radical (unpaired) electrons. The second-order valence-electron chi connectivity index (χ2n) is 6.35. The van der Waals surface area contributed by atoms with Crippen LogP contribution in [0.15, 0.2) is 48.7 Å². The van der Waals surface area contributed by atoms with Gasteiger partial charge in [-0.05, 0) is 24.6 Å². The lowest BCUT2D eigenvalue weighted by molar-refractivity contribution is -0.128. The van der Waals surface area contributed by atoms with Crippen molar-refractivity contribution in [1.82, 2.24) is 15.2 Å². The monoisotopic (exact) mass is 338 g/mol. The van der Waals surface area contributed by atoms with E-state index < -0.39 is 0 Å². The summed E-state index contributed by atoms with van der Waals surface area (Å²) in [5, 5.41) is 5.63. The van der Waals surface area contributed by atoms with Crippen molar-refractivity contribution in [3.8, 4) is 0 Å². The summed E-state index contributed by atoms with van der Waals surface area (Å²) in [4.78, 5) is 30.1. The Morgan fingerprint density at radius 2 is 2.08 bits per heavy atom. The van der Waals surface area contributed by atoms with Crippen LogP contribution in [0.2, 0.25) is 0 Å². The van der Waals surface area contributed by atoms with Crippen molar-refractivity contribution >= 4 is 17.6 Å². The molecule has 6 nitrogen and oxygen atoms in total. The first-order chi connectivity index (χ1) is 12.1. The van der Waals surface area contributed by atoms with E-state index in [0.717, 1.165) is 11.3 Å². The summed E-state index contributed by atoms with van der Waals surface area (Å²) in [6.45, 7) is 3.64. The number of carbonyl (C=O) groups is 2. The van der Waals surface area contributed by atoms with Crippen LogP contribution in [0.4, 0.5) is 10.5 Å². The number of urea groups is 1. The number of anilines is 1. The van der Waals surface area contributed by atoms with Gasteiger partial charge in [0.15, 0.2) is 0 Å². The molecule has 0 aliphatic carbocycles. The Bertz CT molecular complexity index is 748. The molecule has 130 valence electrons. The van der Waals surface area contributed by atoms with Crippen LogP contribution in [-0.2, 0) is 11.3 Å². The zero-order valence-electron chi connectivity index (χ0n) is 14.2. The van der Waals surface area contributed by atoms with Crippen LogP contribution in [0, 0.1) is 12.8 Å². The number of carbonyl (C=O) groups excluding carboxylic acids is 2. The summed E-state index contributed by atoms with van der Waals surface area (Å²) in [7, 11) is 0. The molecule has 2 aromatic rings. The normalized spacial score (nSPS) is 16.8. The molecular weight excluding hydrogens is 316 g/mol. The van der Waals surface area contributed by atoms with Crippen molar-refractivity contribution in [2.24, 2.45) is 5.92 Å². The summed E-state index contributed by atoms with van der Waals surface area (Å²) < 4.78 is 0. The molecular formula is C19H22N4O2. The largest absolute Gasteiger partial charge is 0.338 e. The van der Waals surface area contributed by atoms with Gasteiger partial charge in [0.25, 0.3) is 0 Å². The first-order valence-corrected chi connectivity index (χ1v) is 8.39. The van der Waals surface area contributed by atoms with Crippen molar-refractivity contribution in [1.29, 1.82) is 0 Å². The Morgan fingerprint density at radius 1 is 1.28 bits per heavy atom. The molecule has 1 saturated heterocycles. The predicted molar refractivity (Wildman–Crippen MR) is 96.0 cm³/mol. The van der Waals surface area contributed by atoms with Crippen LogP contribution in [0.25, 0.3) is 0 Å². The van der Waals surface area contributed by atoms with Crippen LogP contribution in [-0.4, -0.2) is 34.9 Å². The van der Waals surface area contributed by atoms with Crippen molar-refractivity contribution < 1.29 is 9.59 Å². The molecule has 0 bridgehead atoms. The molecule has 0 unspecified atom stereocenters. The number of rotatable bonds is 5. The van der Waals surface area contributed by atoms with Gasteiger partial charge in [0.05, 0.1) is 0 Å². The Hall–Kier alpha value is -2.89. The van der Waals surface area contributed by atoms with Gasteiger partial charge in [-0.1, -0.05) is 30.3 Å². The highest BCUT2D eigenvalue weighted by Crippen LogP contribution is 2.19. The van der Waals surface area contributed by atoms with E-state index in [1.807, 2.05) is 42.2 Å². The average Bonchev–Trinajstić information content (AvgIpc) is 2.94. The maximum Gasteiger partial charge on any atom is 0.319 e. The van der Waals surface area contributed by atoms with E-state index in [9.17, 15) is 9.59 Å². The summed E-state index contributed by atoms with van der Waals surface area (Å²) >= 11 is 0. The summed E-state index contributed by atoms with van der Waals surface area (Å²) in [6, 6.07) is 13.2. The minimum Gasteiger partial charge on any atom is -0.338 e. The van der Waals surface area contributed by atoms with Gasteiger partial charge in [0, 0.05) is 49.6 Å². The van der Waals surface area contributed by atoms with Crippen molar-refractivity contribution in [2.45, 2.75) is 19.9 Å². The number of amides is 3. The smallest absolute Gasteiger partial charge is 0.319 e. The topological polar surface area (TPSA) is 74.3 Å². The van der Waals surface area contributed by atoms with Crippen molar-refractivity contribution in [3.63, 3.8) is 0 Å². The lowest BCUT2D eigenvalue weighted by Crippen LogP contribution is -2.34. The fourth-order valence-corrected chi connectivity index (χ4v) is 2.98. The molecule has 2 heterocycles. The molecule has 3 amide bonds. The highest BCUT2D eigenvalue weighted by Gasteiger charge is 2.29. The number of pyridine rings is 1. The molecule has 6 heteroatoms. The molecule has 25 heavy (non-hydrogen) atoms. The van der Waals surface area contributed by atoms with E-state index in [1.165, 1.54) is 0 Å². The van der Waals surface area contributed by atoms with Gasteiger partial charge in [-0.2, -0.15) is 0 Å². The quantitative estimate of drug-likeness (QED) is 0.880. The van der Waals surface area contributed by atoms with Crippen LogP contribution in [0.5, 0.6) is 0 Å². The van der Waals surface area contributed by atoms with Gasteiger partial charge < -0.3 is 15.5 Å². The first-order valence-electron chi connectivity index (χ1n) is 8.39. The maximum atomic E-state index is 12.2. The molecule has 1 atom stereocenters. The lowest BCUT2D eigenvalue weighted by Gasteiger charge is -2.17. The number of nitrogens with one attached hydrogen (secondary N) is 2. The Kier molecular flexibility index (Phi) is 5.28. The third-order valence-electron chi connectivity index (χ3n) is 4.22. The Labute approximate surface area is 147 Å². The van der Waals surface area contributed by atoms with E-state index in [4.69, 9.17) is 0 Å². The second kappa shape index (κ2) is 7.79. The molecule has 1 aliphatic rings. The first kappa shape index (κ1) is 17.0.